The van der Waals surface area contributed by atoms with Crippen LogP contribution in [0.5, 0.6) is 0 Å². The molecule has 0 bridgehead atoms. The summed E-state index contributed by atoms with van der Waals surface area (Å²) in [4.78, 5) is 12.3. The third-order valence-corrected chi connectivity index (χ3v) is 5.36. The Hall–Kier alpha value is -0.530. The fourth-order valence-electron chi connectivity index (χ4n) is 2.82. The molecular formula is C22H56O2. The van der Waals surface area contributed by atoms with Crippen molar-refractivity contribution >= 4 is 5.97 Å². The monoisotopic (exact) mass is 352 g/mol. The highest BCUT2D eigenvalue weighted by molar-refractivity contribution is 5.77. The summed E-state index contributed by atoms with van der Waals surface area (Å²) in [5.74, 6) is 2.08. The Labute approximate surface area is 158 Å². The molecule has 0 aromatic rings. The summed E-state index contributed by atoms with van der Waals surface area (Å²) in [6.45, 7) is 17.5. The van der Waals surface area contributed by atoms with Crippen LogP contribution in [0.25, 0.3) is 0 Å². The zero-order chi connectivity index (χ0) is 14.7. The second-order valence-corrected chi connectivity index (χ2v) is 6.70. The SMILES string of the molecule is C.C.C.C.C.C.COC(=O)C(C)(C(C)C(C)C)C(C)C(C)C(C)C. The molecule has 2 nitrogen and oxygen atoms in total. The van der Waals surface area contributed by atoms with Crippen LogP contribution >= 0.6 is 0 Å². The lowest BCUT2D eigenvalue weighted by Crippen LogP contribution is -2.46. The van der Waals surface area contributed by atoms with E-state index in [0.29, 0.717) is 29.6 Å². The first-order chi connectivity index (χ1) is 8.10. The number of hydrogen-bond donors (Lipinski definition) is 0. The molecule has 0 saturated carbocycles. The molecule has 0 fully saturated rings. The molecule has 0 saturated heterocycles. The molecule has 0 amide bonds. The minimum Gasteiger partial charge on any atom is -0.469 e. The first-order valence-corrected chi connectivity index (χ1v) is 7.19. The van der Waals surface area contributed by atoms with Crippen LogP contribution < -0.4 is 0 Å². The summed E-state index contributed by atoms with van der Waals surface area (Å²) in [7, 11) is 1.50. The largest absolute Gasteiger partial charge is 0.469 e. The zero-order valence-electron chi connectivity index (χ0n) is 13.7. The summed E-state index contributed by atoms with van der Waals surface area (Å²) in [6, 6.07) is 0. The van der Waals surface area contributed by atoms with Crippen LogP contribution in [0.1, 0.15) is 99.9 Å². The van der Waals surface area contributed by atoms with Crippen molar-refractivity contribution in [3.63, 3.8) is 0 Å². The van der Waals surface area contributed by atoms with Crippen molar-refractivity contribution in [2.75, 3.05) is 7.11 Å². The Bertz CT molecular complexity index is 271. The lowest BCUT2D eigenvalue weighted by atomic mass is 9.60. The Morgan fingerprint density at radius 2 is 1.04 bits per heavy atom. The summed E-state index contributed by atoms with van der Waals surface area (Å²) < 4.78 is 5.10. The number of methoxy groups -OCH3 is 1. The highest BCUT2D eigenvalue weighted by atomic mass is 16.5. The molecule has 0 aromatic heterocycles. The Morgan fingerprint density at radius 1 is 0.708 bits per heavy atom. The molecule has 4 unspecified atom stereocenters. The van der Waals surface area contributed by atoms with Gasteiger partial charge in [-0.1, -0.05) is 93.0 Å². The van der Waals surface area contributed by atoms with Crippen LogP contribution in [0.2, 0.25) is 0 Å². The molecule has 0 aromatic carbocycles. The maximum atomic E-state index is 12.3. The molecule has 0 N–H and O–H groups in total. The third kappa shape index (κ3) is 9.08. The molecule has 0 radical (unpaired) electrons. The van der Waals surface area contributed by atoms with E-state index in [-0.39, 0.29) is 50.5 Å². The molecule has 0 heterocycles. The van der Waals surface area contributed by atoms with Gasteiger partial charge in [0.25, 0.3) is 0 Å². The van der Waals surface area contributed by atoms with E-state index < -0.39 is 5.41 Å². The van der Waals surface area contributed by atoms with Crippen molar-refractivity contribution in [1.82, 2.24) is 0 Å². The van der Waals surface area contributed by atoms with Crippen LogP contribution in [0.3, 0.4) is 0 Å². The first kappa shape index (κ1) is 43.7. The second kappa shape index (κ2) is 17.3. The van der Waals surface area contributed by atoms with E-state index in [2.05, 4.69) is 55.4 Å². The van der Waals surface area contributed by atoms with Crippen molar-refractivity contribution in [1.29, 1.82) is 0 Å². The summed E-state index contributed by atoms with van der Waals surface area (Å²) >= 11 is 0. The van der Waals surface area contributed by atoms with Gasteiger partial charge in [0.1, 0.15) is 0 Å². The van der Waals surface area contributed by atoms with Gasteiger partial charge in [0, 0.05) is 0 Å². The predicted octanol–water partition coefficient (Wildman–Crippen LogP) is 8.20. The topological polar surface area (TPSA) is 26.3 Å². The maximum Gasteiger partial charge on any atom is 0.312 e. The molecule has 156 valence electrons. The van der Waals surface area contributed by atoms with Crippen LogP contribution in [0, 0.1) is 35.0 Å². The van der Waals surface area contributed by atoms with E-state index in [1.54, 1.807) is 0 Å². The molecule has 0 aliphatic carbocycles. The highest BCUT2D eigenvalue weighted by Gasteiger charge is 2.47. The average Bonchev–Trinajstić information content (AvgIpc) is 2.33. The van der Waals surface area contributed by atoms with Crippen LogP contribution in [-0.4, -0.2) is 13.1 Å². The highest BCUT2D eigenvalue weighted by Crippen LogP contribution is 2.45. The molecule has 0 aliphatic heterocycles. The number of carbonyl (C=O) groups excluding carboxylic acids is 1. The molecule has 24 heavy (non-hydrogen) atoms. The van der Waals surface area contributed by atoms with Crippen LogP contribution in [0.15, 0.2) is 0 Å². The second-order valence-electron chi connectivity index (χ2n) is 6.70. The Balaban J connectivity index is -0.0000000963. The molecular weight excluding hydrogens is 296 g/mol. The van der Waals surface area contributed by atoms with E-state index in [0.717, 1.165) is 0 Å². The van der Waals surface area contributed by atoms with E-state index in [1.165, 1.54) is 7.11 Å². The first-order valence-electron chi connectivity index (χ1n) is 7.19. The number of rotatable bonds is 6. The van der Waals surface area contributed by atoms with Crippen molar-refractivity contribution in [2.45, 2.75) is 99.9 Å². The minimum absolute atomic E-state index is 0. The van der Waals surface area contributed by atoms with Gasteiger partial charge >= 0.3 is 5.97 Å². The van der Waals surface area contributed by atoms with Crippen LogP contribution in [-0.2, 0) is 9.53 Å². The van der Waals surface area contributed by atoms with Crippen molar-refractivity contribution < 1.29 is 9.53 Å². The van der Waals surface area contributed by atoms with Gasteiger partial charge in [0.05, 0.1) is 12.5 Å². The quantitative estimate of drug-likeness (QED) is 0.450. The Kier molecular flexibility index (Phi) is 31.5. The Morgan fingerprint density at radius 3 is 1.25 bits per heavy atom. The van der Waals surface area contributed by atoms with Gasteiger partial charge < -0.3 is 4.74 Å². The average molecular weight is 353 g/mol. The summed E-state index contributed by atoms with van der Waals surface area (Å²) in [5.41, 5.74) is -0.410. The molecule has 2 heteroatoms. The van der Waals surface area contributed by atoms with Gasteiger partial charge in [0.15, 0.2) is 0 Å². The number of esters is 1. The summed E-state index contributed by atoms with van der Waals surface area (Å²) in [6.07, 6.45) is 0. The van der Waals surface area contributed by atoms with Crippen molar-refractivity contribution in [2.24, 2.45) is 35.0 Å². The lowest BCUT2D eigenvalue weighted by molar-refractivity contribution is -0.162. The van der Waals surface area contributed by atoms with Gasteiger partial charge in [-0.25, -0.2) is 0 Å². The van der Waals surface area contributed by atoms with Gasteiger partial charge in [-0.3, -0.25) is 4.79 Å². The summed E-state index contributed by atoms with van der Waals surface area (Å²) in [5, 5.41) is 0. The van der Waals surface area contributed by atoms with E-state index in [9.17, 15) is 4.79 Å². The van der Waals surface area contributed by atoms with Crippen molar-refractivity contribution in [3.05, 3.63) is 0 Å². The van der Waals surface area contributed by atoms with E-state index >= 15 is 0 Å². The van der Waals surface area contributed by atoms with E-state index in [4.69, 9.17) is 4.74 Å². The molecule has 0 aliphatic rings. The normalized spacial score (nSPS) is 15.3. The van der Waals surface area contributed by atoms with E-state index in [1.807, 2.05) is 0 Å². The van der Waals surface area contributed by atoms with Gasteiger partial charge in [-0.2, -0.15) is 0 Å². The van der Waals surface area contributed by atoms with Crippen LogP contribution in [0.4, 0.5) is 0 Å². The number of carbonyl (C=O) groups is 1. The van der Waals surface area contributed by atoms with Gasteiger partial charge in [0.2, 0.25) is 0 Å². The van der Waals surface area contributed by atoms with Crippen molar-refractivity contribution in [3.8, 4) is 0 Å². The van der Waals surface area contributed by atoms with Gasteiger partial charge in [-0.15, -0.1) is 0 Å². The fraction of sp³-hybridized carbons (Fsp3) is 0.955. The molecule has 0 rings (SSSR count). The fourth-order valence-corrected chi connectivity index (χ4v) is 2.82. The lowest BCUT2D eigenvalue weighted by Gasteiger charge is -2.43. The molecule has 4 atom stereocenters. The number of hydrogen-bond acceptors (Lipinski definition) is 2. The third-order valence-electron chi connectivity index (χ3n) is 5.36. The standard InChI is InChI=1S/C16H32O2.6CH4/c1-10(2)12(5)14(7)16(8,15(17)18-9)13(6)11(3)4;;;;;;/h10-14H,1-9H3;6*1H4. The van der Waals surface area contributed by atoms with Gasteiger partial charge in [-0.05, 0) is 36.5 Å². The minimum atomic E-state index is -0.410. The molecule has 0 spiro atoms. The predicted molar refractivity (Wildman–Crippen MR) is 118 cm³/mol. The maximum absolute atomic E-state index is 12.3. The smallest absolute Gasteiger partial charge is 0.312 e. The zero-order valence-corrected chi connectivity index (χ0v) is 13.7. The number of ether oxygens (including phenoxy) is 1.